The number of carbonyl (C=O) groups is 1. The van der Waals surface area contributed by atoms with Gasteiger partial charge < -0.3 is 9.73 Å². The van der Waals surface area contributed by atoms with Crippen LogP contribution in [0.2, 0.25) is 0 Å². The fourth-order valence-corrected chi connectivity index (χ4v) is 2.21. The summed E-state index contributed by atoms with van der Waals surface area (Å²) in [5.41, 5.74) is -0.844. The first-order valence-electron chi connectivity index (χ1n) is 6.72. The number of nitrogens with one attached hydrogen (secondary N) is 2. The minimum absolute atomic E-state index is 0.183. The first-order chi connectivity index (χ1) is 11.8. The van der Waals surface area contributed by atoms with Gasteiger partial charge in [-0.05, 0) is 12.1 Å². The number of rotatable bonds is 4. The number of nitro groups is 2. The predicted octanol–water partition coefficient (Wildman–Crippen LogP) is 2.19. The molecule has 126 valence electrons. The number of oxazole rings is 1. The molecule has 0 aliphatic carbocycles. The van der Waals surface area contributed by atoms with Gasteiger partial charge in [0.1, 0.15) is 5.52 Å². The molecule has 0 atom stereocenters. The number of hydrogen-bond acceptors (Lipinski definition) is 7. The number of amides is 1. The number of H-pyrrole nitrogens is 1. The summed E-state index contributed by atoms with van der Waals surface area (Å²) in [6, 6.07) is 7.08. The van der Waals surface area contributed by atoms with Crippen LogP contribution >= 0.6 is 0 Å². The molecule has 2 aromatic carbocycles. The molecule has 0 saturated carbocycles. The Morgan fingerprint density at radius 3 is 2.32 bits per heavy atom. The number of non-ortho nitro benzene ring substituents is 2. The standard InChI is InChI=1S/C14H8N4O7/c19-13(7-4-8(17(21)22)6-9(5-7)18(23)24)15-10-2-1-3-11-12(10)16-14(20)25-11/h1-6H,(H,15,19)(H,16,20). The predicted molar refractivity (Wildman–Crippen MR) is 84.5 cm³/mol. The molecule has 3 rings (SSSR count). The zero-order valence-corrected chi connectivity index (χ0v) is 12.2. The van der Waals surface area contributed by atoms with E-state index in [0.29, 0.717) is 0 Å². The maximum Gasteiger partial charge on any atom is 0.417 e. The van der Waals surface area contributed by atoms with E-state index >= 15 is 0 Å². The van der Waals surface area contributed by atoms with Crippen LogP contribution in [0.4, 0.5) is 17.1 Å². The second kappa shape index (κ2) is 5.88. The third-order valence-corrected chi connectivity index (χ3v) is 3.29. The van der Waals surface area contributed by atoms with Crippen LogP contribution in [0.1, 0.15) is 10.4 Å². The summed E-state index contributed by atoms with van der Waals surface area (Å²) >= 11 is 0. The van der Waals surface area contributed by atoms with Gasteiger partial charge >= 0.3 is 5.76 Å². The molecule has 0 fully saturated rings. The molecular weight excluding hydrogens is 336 g/mol. The maximum atomic E-state index is 12.3. The number of aromatic amines is 1. The lowest BCUT2D eigenvalue weighted by Crippen LogP contribution is -2.13. The van der Waals surface area contributed by atoms with Crippen molar-refractivity contribution in [1.29, 1.82) is 0 Å². The monoisotopic (exact) mass is 344 g/mol. The molecule has 1 heterocycles. The van der Waals surface area contributed by atoms with Crippen LogP contribution in [0.5, 0.6) is 0 Å². The lowest BCUT2D eigenvalue weighted by molar-refractivity contribution is -0.394. The molecule has 3 aromatic rings. The fraction of sp³-hybridized carbons (Fsp3) is 0. The van der Waals surface area contributed by atoms with Gasteiger partial charge in [0.2, 0.25) is 0 Å². The van der Waals surface area contributed by atoms with Crippen molar-refractivity contribution in [1.82, 2.24) is 4.98 Å². The number of carbonyl (C=O) groups excluding carboxylic acids is 1. The summed E-state index contributed by atoms with van der Waals surface area (Å²) in [6.07, 6.45) is 0. The van der Waals surface area contributed by atoms with E-state index in [4.69, 9.17) is 4.42 Å². The lowest BCUT2D eigenvalue weighted by Gasteiger charge is -2.06. The topological polar surface area (TPSA) is 161 Å². The quantitative estimate of drug-likeness (QED) is 0.541. The maximum absolute atomic E-state index is 12.3. The number of aromatic nitrogens is 1. The Hall–Kier alpha value is -4.02. The molecule has 0 unspecified atom stereocenters. The van der Waals surface area contributed by atoms with Gasteiger partial charge in [0.05, 0.1) is 27.2 Å². The molecule has 0 aliphatic heterocycles. The highest BCUT2D eigenvalue weighted by Crippen LogP contribution is 2.25. The lowest BCUT2D eigenvalue weighted by atomic mass is 10.1. The number of nitrogens with zero attached hydrogens (tertiary/aromatic N) is 2. The van der Waals surface area contributed by atoms with Gasteiger partial charge in [-0.3, -0.25) is 30.0 Å². The molecular formula is C14H8N4O7. The van der Waals surface area contributed by atoms with E-state index in [9.17, 15) is 29.8 Å². The van der Waals surface area contributed by atoms with Crippen molar-refractivity contribution in [2.24, 2.45) is 0 Å². The first-order valence-corrected chi connectivity index (χ1v) is 6.72. The Bertz CT molecular complexity index is 1050. The molecule has 11 heteroatoms. The fourth-order valence-electron chi connectivity index (χ4n) is 2.21. The highest BCUT2D eigenvalue weighted by molar-refractivity contribution is 6.08. The summed E-state index contributed by atoms with van der Waals surface area (Å²) < 4.78 is 4.86. The zero-order valence-electron chi connectivity index (χ0n) is 12.2. The summed E-state index contributed by atoms with van der Waals surface area (Å²) in [4.78, 5) is 46.1. The summed E-state index contributed by atoms with van der Waals surface area (Å²) in [5.74, 6) is -1.54. The zero-order chi connectivity index (χ0) is 18.1. The highest BCUT2D eigenvalue weighted by atomic mass is 16.6. The van der Waals surface area contributed by atoms with Gasteiger partial charge in [0.15, 0.2) is 5.58 Å². The van der Waals surface area contributed by atoms with Crippen molar-refractivity contribution >= 4 is 34.1 Å². The third-order valence-electron chi connectivity index (χ3n) is 3.29. The second-order valence-corrected chi connectivity index (χ2v) is 4.90. The van der Waals surface area contributed by atoms with Crippen molar-refractivity contribution in [3.05, 3.63) is 72.7 Å². The van der Waals surface area contributed by atoms with Gasteiger partial charge in [0.25, 0.3) is 17.3 Å². The average molecular weight is 344 g/mol. The normalized spacial score (nSPS) is 10.6. The molecule has 0 saturated heterocycles. The SMILES string of the molecule is O=C(Nc1cccc2oc(=O)[nH]c12)c1cc([N+](=O)[O-])cc([N+](=O)[O-])c1. The van der Waals surface area contributed by atoms with Crippen molar-refractivity contribution in [2.75, 3.05) is 5.32 Å². The van der Waals surface area contributed by atoms with E-state index in [-0.39, 0.29) is 22.4 Å². The molecule has 0 spiro atoms. The number of anilines is 1. The summed E-state index contributed by atoms with van der Waals surface area (Å²) in [5, 5.41) is 24.2. The number of fused-ring (bicyclic) bond motifs is 1. The van der Waals surface area contributed by atoms with E-state index in [1.54, 1.807) is 0 Å². The minimum Gasteiger partial charge on any atom is -0.408 e. The van der Waals surface area contributed by atoms with Gasteiger partial charge in [-0.15, -0.1) is 0 Å². The molecule has 0 radical (unpaired) electrons. The smallest absolute Gasteiger partial charge is 0.408 e. The molecule has 1 amide bonds. The van der Waals surface area contributed by atoms with Crippen LogP contribution in [0.25, 0.3) is 11.1 Å². The van der Waals surface area contributed by atoms with Gasteiger partial charge in [-0.1, -0.05) is 6.07 Å². The van der Waals surface area contributed by atoms with E-state index < -0.39 is 32.9 Å². The van der Waals surface area contributed by atoms with Crippen molar-refractivity contribution in [3.8, 4) is 0 Å². The Kier molecular flexibility index (Phi) is 3.73. The number of hydrogen-bond donors (Lipinski definition) is 2. The Labute approximate surface area is 137 Å². The average Bonchev–Trinajstić information content (AvgIpc) is 2.95. The molecule has 11 nitrogen and oxygen atoms in total. The molecule has 2 N–H and O–H groups in total. The highest BCUT2D eigenvalue weighted by Gasteiger charge is 2.20. The van der Waals surface area contributed by atoms with Crippen molar-refractivity contribution < 1.29 is 19.1 Å². The summed E-state index contributed by atoms with van der Waals surface area (Å²) in [6.45, 7) is 0. The van der Waals surface area contributed by atoms with E-state index in [2.05, 4.69) is 10.3 Å². The van der Waals surface area contributed by atoms with Crippen LogP contribution < -0.4 is 11.1 Å². The van der Waals surface area contributed by atoms with Gasteiger partial charge in [-0.2, -0.15) is 0 Å². The first kappa shape index (κ1) is 15.9. The number of nitro benzene ring substituents is 2. The second-order valence-electron chi connectivity index (χ2n) is 4.90. The molecule has 1 aromatic heterocycles. The van der Waals surface area contributed by atoms with E-state index in [1.807, 2.05) is 0 Å². The van der Waals surface area contributed by atoms with Crippen LogP contribution in [0.15, 0.2) is 45.6 Å². The van der Waals surface area contributed by atoms with E-state index in [0.717, 1.165) is 18.2 Å². The third kappa shape index (κ3) is 3.06. The summed E-state index contributed by atoms with van der Waals surface area (Å²) in [7, 11) is 0. The Balaban J connectivity index is 2.01. The van der Waals surface area contributed by atoms with Crippen LogP contribution in [0.3, 0.4) is 0 Å². The Morgan fingerprint density at radius 2 is 1.72 bits per heavy atom. The van der Waals surface area contributed by atoms with Crippen LogP contribution in [0, 0.1) is 20.2 Å². The Morgan fingerprint density at radius 1 is 1.08 bits per heavy atom. The molecule has 25 heavy (non-hydrogen) atoms. The van der Waals surface area contributed by atoms with Crippen LogP contribution in [-0.4, -0.2) is 20.7 Å². The molecule has 0 aliphatic rings. The van der Waals surface area contributed by atoms with Gasteiger partial charge in [0, 0.05) is 12.1 Å². The number of para-hydroxylation sites is 1. The van der Waals surface area contributed by atoms with Gasteiger partial charge in [-0.25, -0.2) is 4.79 Å². The van der Waals surface area contributed by atoms with Crippen molar-refractivity contribution in [2.45, 2.75) is 0 Å². The van der Waals surface area contributed by atoms with E-state index in [1.165, 1.54) is 18.2 Å². The minimum atomic E-state index is -0.835. The number of benzene rings is 2. The van der Waals surface area contributed by atoms with Crippen molar-refractivity contribution in [3.63, 3.8) is 0 Å². The molecule has 0 bridgehead atoms. The van der Waals surface area contributed by atoms with Crippen LogP contribution in [-0.2, 0) is 0 Å². The largest absolute Gasteiger partial charge is 0.417 e.